The molecule has 1 nitrogen and oxygen atoms in total. The first-order valence-electron chi connectivity index (χ1n) is 16.8. The van der Waals surface area contributed by atoms with E-state index < -0.39 is 0 Å². The standard InChI is InChI=1S/C46H41N/c1-45(2,3)38-17-21-40(22-18-38)47(41-23-19-39(20-24-41)46(4,5)6)42-28-35-15-13-33-26-37(27-34-14-16-36(29-42)44(35)43(33)34)32-12-11-30-9-7-8-10-31(30)25-32/h7-29H,1-6H3. The van der Waals surface area contributed by atoms with E-state index in [0.29, 0.717) is 0 Å². The second kappa shape index (κ2) is 10.7. The molecule has 0 bridgehead atoms. The molecule has 8 rings (SSSR count). The van der Waals surface area contributed by atoms with Crippen molar-refractivity contribution in [2.24, 2.45) is 0 Å². The molecule has 1 heteroatoms. The smallest absolute Gasteiger partial charge is 0.0473 e. The number of hydrogen-bond donors (Lipinski definition) is 0. The summed E-state index contributed by atoms with van der Waals surface area (Å²) in [6.07, 6.45) is 0. The monoisotopic (exact) mass is 607 g/mol. The molecule has 0 spiro atoms. The maximum absolute atomic E-state index is 2.41. The minimum atomic E-state index is 0.0998. The average molecular weight is 608 g/mol. The van der Waals surface area contributed by atoms with Gasteiger partial charge in [0.25, 0.3) is 0 Å². The molecule has 8 aromatic carbocycles. The molecule has 0 amide bonds. The molecule has 0 radical (unpaired) electrons. The quantitative estimate of drug-likeness (QED) is 0.180. The number of anilines is 3. The Morgan fingerprint density at radius 2 is 0.745 bits per heavy atom. The van der Waals surface area contributed by atoms with Gasteiger partial charge in [-0.05, 0) is 131 Å². The van der Waals surface area contributed by atoms with E-state index in [1.165, 1.54) is 71.0 Å². The van der Waals surface area contributed by atoms with E-state index in [1.807, 2.05) is 0 Å². The van der Waals surface area contributed by atoms with E-state index in [4.69, 9.17) is 0 Å². The summed E-state index contributed by atoms with van der Waals surface area (Å²) in [5.41, 5.74) is 8.87. The molecular weight excluding hydrogens is 567 g/mol. The highest BCUT2D eigenvalue weighted by Gasteiger charge is 2.20. The van der Waals surface area contributed by atoms with Gasteiger partial charge in [0.1, 0.15) is 0 Å². The van der Waals surface area contributed by atoms with E-state index in [2.05, 4.69) is 186 Å². The maximum Gasteiger partial charge on any atom is 0.0473 e. The van der Waals surface area contributed by atoms with Gasteiger partial charge in [0, 0.05) is 17.1 Å². The van der Waals surface area contributed by atoms with E-state index in [9.17, 15) is 0 Å². The van der Waals surface area contributed by atoms with Crippen LogP contribution in [0.1, 0.15) is 52.7 Å². The van der Waals surface area contributed by atoms with Crippen LogP contribution in [0.3, 0.4) is 0 Å². The summed E-state index contributed by atoms with van der Waals surface area (Å²) in [5, 5.41) is 10.3. The van der Waals surface area contributed by atoms with Crippen molar-refractivity contribution >= 4 is 60.2 Å². The van der Waals surface area contributed by atoms with Gasteiger partial charge in [0.2, 0.25) is 0 Å². The number of benzene rings is 8. The van der Waals surface area contributed by atoms with Gasteiger partial charge in [-0.15, -0.1) is 0 Å². The first-order valence-corrected chi connectivity index (χ1v) is 16.8. The van der Waals surface area contributed by atoms with Crippen molar-refractivity contribution in [3.63, 3.8) is 0 Å². The zero-order valence-electron chi connectivity index (χ0n) is 28.2. The van der Waals surface area contributed by atoms with Crippen LogP contribution in [0, 0.1) is 0 Å². The minimum absolute atomic E-state index is 0.0998. The number of rotatable bonds is 4. The molecule has 0 saturated heterocycles. The lowest BCUT2D eigenvalue weighted by atomic mass is 9.86. The fraction of sp³-hybridized carbons (Fsp3) is 0.174. The van der Waals surface area contributed by atoms with Crippen molar-refractivity contribution < 1.29 is 0 Å². The van der Waals surface area contributed by atoms with Gasteiger partial charge in [0.15, 0.2) is 0 Å². The maximum atomic E-state index is 2.41. The van der Waals surface area contributed by atoms with E-state index in [-0.39, 0.29) is 10.8 Å². The molecule has 0 N–H and O–H groups in total. The third kappa shape index (κ3) is 5.21. The van der Waals surface area contributed by atoms with Crippen LogP contribution in [0.2, 0.25) is 0 Å². The predicted molar refractivity (Wildman–Crippen MR) is 205 cm³/mol. The molecule has 230 valence electrons. The molecule has 0 aromatic heterocycles. The minimum Gasteiger partial charge on any atom is -0.310 e. The summed E-state index contributed by atoms with van der Waals surface area (Å²) in [6.45, 7) is 13.6. The number of hydrogen-bond acceptors (Lipinski definition) is 1. The summed E-state index contributed by atoms with van der Waals surface area (Å²) in [4.78, 5) is 2.41. The molecule has 47 heavy (non-hydrogen) atoms. The van der Waals surface area contributed by atoms with E-state index >= 15 is 0 Å². The van der Waals surface area contributed by atoms with Crippen LogP contribution in [0.15, 0.2) is 140 Å². The highest BCUT2D eigenvalue weighted by molar-refractivity contribution is 6.24. The van der Waals surface area contributed by atoms with Crippen molar-refractivity contribution in [2.75, 3.05) is 4.90 Å². The normalized spacial score (nSPS) is 12.5. The van der Waals surface area contributed by atoms with Crippen molar-refractivity contribution in [3.8, 4) is 11.1 Å². The molecule has 0 heterocycles. The fourth-order valence-corrected chi connectivity index (χ4v) is 7.15. The van der Waals surface area contributed by atoms with Crippen LogP contribution in [0.25, 0.3) is 54.2 Å². The summed E-state index contributed by atoms with van der Waals surface area (Å²) < 4.78 is 0. The lowest BCUT2D eigenvalue weighted by molar-refractivity contribution is 0.590. The van der Waals surface area contributed by atoms with Crippen LogP contribution in [0.5, 0.6) is 0 Å². The zero-order valence-corrected chi connectivity index (χ0v) is 28.2. The van der Waals surface area contributed by atoms with Crippen LogP contribution in [0.4, 0.5) is 17.1 Å². The van der Waals surface area contributed by atoms with Crippen LogP contribution < -0.4 is 4.90 Å². The second-order valence-corrected chi connectivity index (χ2v) is 15.2. The Kier molecular flexibility index (Phi) is 6.67. The third-order valence-corrected chi connectivity index (χ3v) is 9.84. The third-order valence-electron chi connectivity index (χ3n) is 9.84. The molecular formula is C46H41N. The van der Waals surface area contributed by atoms with Gasteiger partial charge < -0.3 is 4.90 Å². The first kappa shape index (κ1) is 29.3. The van der Waals surface area contributed by atoms with E-state index in [0.717, 1.165) is 11.4 Å². The van der Waals surface area contributed by atoms with Gasteiger partial charge >= 0.3 is 0 Å². The van der Waals surface area contributed by atoms with Crippen LogP contribution in [-0.2, 0) is 10.8 Å². The molecule has 0 aliphatic rings. The Hall–Kier alpha value is -5.14. The molecule has 0 aliphatic heterocycles. The molecule has 0 saturated carbocycles. The number of fused-ring (bicyclic) bond motifs is 1. The Morgan fingerprint density at radius 3 is 1.21 bits per heavy atom. The molecule has 0 aliphatic carbocycles. The Labute approximate surface area is 278 Å². The van der Waals surface area contributed by atoms with E-state index in [1.54, 1.807) is 0 Å². The Balaban J connectivity index is 1.27. The van der Waals surface area contributed by atoms with Gasteiger partial charge in [-0.2, -0.15) is 0 Å². The van der Waals surface area contributed by atoms with Gasteiger partial charge in [-0.3, -0.25) is 0 Å². The summed E-state index contributed by atoms with van der Waals surface area (Å²) in [7, 11) is 0. The zero-order chi connectivity index (χ0) is 32.5. The molecule has 0 unspecified atom stereocenters. The average Bonchev–Trinajstić information content (AvgIpc) is 3.06. The lowest BCUT2D eigenvalue weighted by Gasteiger charge is -2.28. The highest BCUT2D eigenvalue weighted by Crippen LogP contribution is 2.43. The molecule has 0 fully saturated rings. The summed E-state index contributed by atoms with van der Waals surface area (Å²) >= 11 is 0. The van der Waals surface area contributed by atoms with Crippen molar-refractivity contribution in [2.45, 2.75) is 52.4 Å². The largest absolute Gasteiger partial charge is 0.310 e. The van der Waals surface area contributed by atoms with Gasteiger partial charge in [-0.1, -0.05) is 126 Å². The Morgan fingerprint density at radius 1 is 0.340 bits per heavy atom. The predicted octanol–water partition coefficient (Wildman–Crippen LogP) is 13.5. The fourth-order valence-electron chi connectivity index (χ4n) is 7.15. The van der Waals surface area contributed by atoms with Crippen molar-refractivity contribution in [1.82, 2.24) is 0 Å². The van der Waals surface area contributed by atoms with Crippen molar-refractivity contribution in [3.05, 3.63) is 151 Å². The Bertz CT molecular complexity index is 2270. The van der Waals surface area contributed by atoms with Gasteiger partial charge in [0.05, 0.1) is 0 Å². The molecule has 8 aromatic rings. The second-order valence-electron chi connectivity index (χ2n) is 15.2. The van der Waals surface area contributed by atoms with Gasteiger partial charge in [-0.25, -0.2) is 0 Å². The van der Waals surface area contributed by atoms with Crippen molar-refractivity contribution in [1.29, 1.82) is 0 Å². The topological polar surface area (TPSA) is 3.24 Å². The van der Waals surface area contributed by atoms with Crippen LogP contribution >= 0.6 is 0 Å². The first-order chi connectivity index (χ1) is 22.5. The molecule has 0 atom stereocenters. The highest BCUT2D eigenvalue weighted by atomic mass is 15.1. The summed E-state index contributed by atoms with van der Waals surface area (Å²) in [5.74, 6) is 0. The SMILES string of the molecule is CC(C)(C)c1ccc(N(c2ccc(C(C)(C)C)cc2)c2cc3ccc4cc(-c5ccc6ccccc6c5)cc5ccc(c2)c3c45)cc1. The number of nitrogens with zero attached hydrogens (tertiary/aromatic N) is 1. The summed E-state index contributed by atoms with van der Waals surface area (Å²) in [6, 6.07) is 52.3. The van der Waals surface area contributed by atoms with Crippen LogP contribution in [-0.4, -0.2) is 0 Å². The lowest BCUT2D eigenvalue weighted by Crippen LogP contribution is -2.14.